The molecule has 1 aromatic rings. The van der Waals surface area contributed by atoms with Gasteiger partial charge < -0.3 is 15.7 Å². The summed E-state index contributed by atoms with van der Waals surface area (Å²) in [7, 11) is 0. The number of anilines is 1. The predicted molar refractivity (Wildman–Crippen MR) is 81.9 cm³/mol. The van der Waals surface area contributed by atoms with Crippen LogP contribution in [0.25, 0.3) is 0 Å². The van der Waals surface area contributed by atoms with Crippen LogP contribution in [0, 0.1) is 12.8 Å². The van der Waals surface area contributed by atoms with Crippen molar-refractivity contribution in [2.45, 2.75) is 26.7 Å². The highest BCUT2D eigenvalue weighted by molar-refractivity contribution is 9.10. The SMILES string of the molecule is CCC(CNC(=O)Nc1cc(Br)ccc1C)CC(=O)O. The van der Waals surface area contributed by atoms with E-state index in [9.17, 15) is 9.59 Å². The number of rotatable bonds is 6. The van der Waals surface area contributed by atoms with Gasteiger partial charge in [-0.05, 0) is 30.5 Å². The zero-order chi connectivity index (χ0) is 15.1. The van der Waals surface area contributed by atoms with Crippen molar-refractivity contribution < 1.29 is 14.7 Å². The largest absolute Gasteiger partial charge is 0.481 e. The van der Waals surface area contributed by atoms with E-state index in [2.05, 4.69) is 26.6 Å². The zero-order valence-electron chi connectivity index (χ0n) is 11.6. The van der Waals surface area contributed by atoms with Crippen LogP contribution in [-0.2, 0) is 4.79 Å². The molecule has 2 amide bonds. The average molecular weight is 343 g/mol. The molecule has 0 aliphatic heterocycles. The van der Waals surface area contributed by atoms with Crippen LogP contribution in [0.3, 0.4) is 0 Å². The second-order valence-corrected chi connectivity index (χ2v) is 5.58. The van der Waals surface area contributed by atoms with Gasteiger partial charge in [0.15, 0.2) is 0 Å². The van der Waals surface area contributed by atoms with Crippen LogP contribution in [0.5, 0.6) is 0 Å². The van der Waals surface area contributed by atoms with Crippen molar-refractivity contribution in [3.63, 3.8) is 0 Å². The molecule has 0 aliphatic carbocycles. The van der Waals surface area contributed by atoms with Gasteiger partial charge in [-0.15, -0.1) is 0 Å². The molecule has 0 saturated heterocycles. The van der Waals surface area contributed by atoms with Gasteiger partial charge in [-0.1, -0.05) is 35.3 Å². The highest BCUT2D eigenvalue weighted by Gasteiger charge is 2.12. The molecule has 0 radical (unpaired) electrons. The summed E-state index contributed by atoms with van der Waals surface area (Å²) in [5.74, 6) is -0.899. The first kappa shape index (κ1) is 16.5. The van der Waals surface area contributed by atoms with Gasteiger partial charge in [0, 0.05) is 23.1 Å². The molecule has 0 fully saturated rings. The number of urea groups is 1. The maximum Gasteiger partial charge on any atom is 0.319 e. The van der Waals surface area contributed by atoms with E-state index in [0.717, 1.165) is 15.7 Å². The Bertz CT molecular complexity index is 491. The molecule has 6 heteroatoms. The van der Waals surface area contributed by atoms with E-state index in [4.69, 9.17) is 5.11 Å². The predicted octanol–water partition coefficient (Wildman–Crippen LogP) is 3.38. The third-order valence-electron chi connectivity index (χ3n) is 3.04. The molecule has 1 unspecified atom stereocenters. The summed E-state index contributed by atoms with van der Waals surface area (Å²) < 4.78 is 0.885. The maximum atomic E-state index is 11.8. The minimum Gasteiger partial charge on any atom is -0.481 e. The summed E-state index contributed by atoms with van der Waals surface area (Å²) in [6.45, 7) is 4.16. The summed E-state index contributed by atoms with van der Waals surface area (Å²) in [5, 5.41) is 14.2. The van der Waals surface area contributed by atoms with Gasteiger partial charge in [-0.25, -0.2) is 4.79 Å². The number of carboxylic acid groups (broad SMARTS) is 1. The first-order valence-corrected chi connectivity index (χ1v) is 7.24. The maximum absolute atomic E-state index is 11.8. The molecule has 0 aromatic heterocycles. The molecule has 0 heterocycles. The van der Waals surface area contributed by atoms with Crippen molar-refractivity contribution in [2.24, 2.45) is 5.92 Å². The van der Waals surface area contributed by atoms with Gasteiger partial charge in [-0.3, -0.25) is 4.79 Å². The molecule has 5 nitrogen and oxygen atoms in total. The summed E-state index contributed by atoms with van der Waals surface area (Å²) in [4.78, 5) is 22.5. The number of carbonyl (C=O) groups excluding carboxylic acids is 1. The molecule has 3 N–H and O–H groups in total. The second kappa shape index (κ2) is 7.89. The Hall–Kier alpha value is -1.56. The van der Waals surface area contributed by atoms with Crippen molar-refractivity contribution in [3.05, 3.63) is 28.2 Å². The van der Waals surface area contributed by atoms with Crippen molar-refractivity contribution in [3.8, 4) is 0 Å². The minimum absolute atomic E-state index is 0.0538. The standard InChI is InChI=1S/C14H19BrN2O3/c1-3-10(6-13(18)19)8-16-14(20)17-12-7-11(15)5-4-9(12)2/h4-5,7,10H,3,6,8H2,1-2H3,(H,18,19)(H2,16,17,20). The molecule has 20 heavy (non-hydrogen) atoms. The highest BCUT2D eigenvalue weighted by atomic mass is 79.9. The molecule has 1 aromatic carbocycles. The fraction of sp³-hybridized carbons (Fsp3) is 0.429. The zero-order valence-corrected chi connectivity index (χ0v) is 13.2. The van der Waals surface area contributed by atoms with Crippen LogP contribution in [0.1, 0.15) is 25.3 Å². The van der Waals surface area contributed by atoms with Crippen LogP contribution in [0.15, 0.2) is 22.7 Å². The lowest BCUT2D eigenvalue weighted by Crippen LogP contribution is -2.33. The molecule has 0 aliphatic rings. The van der Waals surface area contributed by atoms with E-state index >= 15 is 0 Å². The third kappa shape index (κ3) is 5.61. The van der Waals surface area contributed by atoms with Crippen LogP contribution in [0.2, 0.25) is 0 Å². The Labute approximate surface area is 126 Å². The van der Waals surface area contributed by atoms with Crippen LogP contribution < -0.4 is 10.6 Å². The quantitative estimate of drug-likeness (QED) is 0.741. The second-order valence-electron chi connectivity index (χ2n) is 4.67. The van der Waals surface area contributed by atoms with E-state index in [1.807, 2.05) is 32.0 Å². The van der Waals surface area contributed by atoms with Crippen molar-refractivity contribution in [2.75, 3.05) is 11.9 Å². The average Bonchev–Trinajstić information content (AvgIpc) is 2.38. The van der Waals surface area contributed by atoms with Crippen LogP contribution in [-0.4, -0.2) is 23.7 Å². The van der Waals surface area contributed by atoms with Gasteiger partial charge in [-0.2, -0.15) is 0 Å². The van der Waals surface area contributed by atoms with E-state index < -0.39 is 5.97 Å². The van der Waals surface area contributed by atoms with Crippen molar-refractivity contribution in [1.29, 1.82) is 0 Å². The number of nitrogens with one attached hydrogen (secondary N) is 2. The molecule has 0 bridgehead atoms. The minimum atomic E-state index is -0.845. The number of hydrogen-bond acceptors (Lipinski definition) is 2. The lowest BCUT2D eigenvalue weighted by atomic mass is 10.0. The first-order valence-electron chi connectivity index (χ1n) is 6.45. The monoisotopic (exact) mass is 342 g/mol. The fourth-order valence-electron chi connectivity index (χ4n) is 1.74. The summed E-state index contributed by atoms with van der Waals surface area (Å²) >= 11 is 3.35. The highest BCUT2D eigenvalue weighted by Crippen LogP contribution is 2.20. The van der Waals surface area contributed by atoms with Gasteiger partial charge >= 0.3 is 12.0 Å². The third-order valence-corrected chi connectivity index (χ3v) is 3.53. The lowest BCUT2D eigenvalue weighted by Gasteiger charge is -2.15. The van der Waals surface area contributed by atoms with E-state index in [-0.39, 0.29) is 18.4 Å². The molecule has 0 spiro atoms. The number of halogens is 1. The summed E-state index contributed by atoms with van der Waals surface area (Å²) in [6, 6.07) is 5.30. The Morgan fingerprint density at radius 2 is 2.10 bits per heavy atom. The first-order chi connectivity index (χ1) is 9.42. The van der Waals surface area contributed by atoms with E-state index in [1.165, 1.54) is 0 Å². The van der Waals surface area contributed by atoms with Crippen molar-refractivity contribution >= 4 is 33.6 Å². The Morgan fingerprint density at radius 3 is 2.70 bits per heavy atom. The van der Waals surface area contributed by atoms with E-state index in [0.29, 0.717) is 13.0 Å². The van der Waals surface area contributed by atoms with Gasteiger partial charge in [0.05, 0.1) is 0 Å². The molecular formula is C14H19BrN2O3. The molecule has 1 rings (SSSR count). The topological polar surface area (TPSA) is 78.4 Å². The molecule has 1 atom stereocenters. The number of aryl methyl sites for hydroxylation is 1. The Morgan fingerprint density at radius 1 is 1.40 bits per heavy atom. The number of carbonyl (C=O) groups is 2. The fourth-order valence-corrected chi connectivity index (χ4v) is 2.10. The van der Waals surface area contributed by atoms with Gasteiger partial charge in [0.2, 0.25) is 0 Å². The van der Waals surface area contributed by atoms with Crippen LogP contribution in [0.4, 0.5) is 10.5 Å². The van der Waals surface area contributed by atoms with Crippen molar-refractivity contribution in [1.82, 2.24) is 5.32 Å². The number of benzene rings is 1. The molecular weight excluding hydrogens is 324 g/mol. The van der Waals surface area contributed by atoms with Gasteiger partial charge in [0.25, 0.3) is 0 Å². The molecule has 0 saturated carbocycles. The van der Waals surface area contributed by atoms with Crippen LogP contribution >= 0.6 is 15.9 Å². The van der Waals surface area contributed by atoms with Gasteiger partial charge in [0.1, 0.15) is 0 Å². The number of aliphatic carboxylic acids is 1. The van der Waals surface area contributed by atoms with E-state index in [1.54, 1.807) is 0 Å². The Balaban J connectivity index is 2.51. The number of hydrogen-bond donors (Lipinski definition) is 3. The smallest absolute Gasteiger partial charge is 0.319 e. The lowest BCUT2D eigenvalue weighted by molar-refractivity contribution is -0.138. The molecule has 110 valence electrons. The number of amides is 2. The summed E-state index contributed by atoms with van der Waals surface area (Å²) in [6.07, 6.45) is 0.773. The Kier molecular flexibility index (Phi) is 6.51. The number of carboxylic acids is 1. The normalized spacial score (nSPS) is 11.8. The summed E-state index contributed by atoms with van der Waals surface area (Å²) in [5.41, 5.74) is 1.68.